The van der Waals surface area contributed by atoms with Crippen LogP contribution in [0.2, 0.25) is 18.1 Å². The predicted molar refractivity (Wildman–Crippen MR) is 223 cm³/mol. The standard InChI is InChI=1S/C46H75NO11Si/c1-24-16-28-10-12-33-25(2)17-30(50-33)14-15-46-22-38-41(56-46)42-43(55-38)44(57-46)40-34(54-42)13-11-29(52-40)18-27(48)19-32-36(21-35(51-28)26(24)3)53-37(39(32)49-7)20-31(23-47)58-59(8,9)45(4,5)6/h24,27-44,48H,2-3,10-23,47H2,1,4-9H3/t24-,27?,28+,29?,30+,31+,32+,33?,34+,35?,36+,37?,38+,39-,40+,41+,42+,43-,44+,46?/m1/s1. The summed E-state index contributed by atoms with van der Waals surface area (Å²) in [4.78, 5) is 0. The van der Waals surface area contributed by atoms with E-state index < -0.39 is 20.2 Å². The van der Waals surface area contributed by atoms with Crippen LogP contribution in [0.3, 0.4) is 0 Å². The van der Waals surface area contributed by atoms with Gasteiger partial charge in [-0.3, -0.25) is 0 Å². The molecule has 10 aliphatic rings. The highest BCUT2D eigenvalue weighted by molar-refractivity contribution is 6.74. The Balaban J connectivity index is 0.983. The molecule has 0 aromatic rings. The first kappa shape index (κ1) is 43.5. The molecule has 0 amide bonds. The van der Waals surface area contributed by atoms with Gasteiger partial charge in [0.1, 0.15) is 30.5 Å². The van der Waals surface area contributed by atoms with Gasteiger partial charge in [0, 0.05) is 45.3 Å². The lowest BCUT2D eigenvalue weighted by atomic mass is 9.81. The van der Waals surface area contributed by atoms with Gasteiger partial charge in [0.05, 0.1) is 73.2 Å². The minimum absolute atomic E-state index is 0.00138. The van der Waals surface area contributed by atoms with E-state index in [-0.39, 0.29) is 109 Å². The summed E-state index contributed by atoms with van der Waals surface area (Å²) in [7, 11) is -0.334. The van der Waals surface area contributed by atoms with Crippen LogP contribution in [0.15, 0.2) is 24.3 Å². The lowest BCUT2D eigenvalue weighted by Gasteiger charge is -2.47. The fourth-order valence-corrected chi connectivity index (χ4v) is 13.5. The number of methoxy groups -OCH3 is 1. The lowest BCUT2D eigenvalue weighted by Crippen LogP contribution is -2.61. The summed E-state index contributed by atoms with van der Waals surface area (Å²) < 4.78 is 68.3. The second-order valence-electron chi connectivity index (χ2n) is 21.5. The third-order valence-corrected chi connectivity index (χ3v) is 20.9. The number of nitrogens with two attached hydrogens (primary N) is 1. The minimum Gasteiger partial charge on any atom is -0.413 e. The maximum atomic E-state index is 12.0. The number of hydrogen-bond acceptors (Lipinski definition) is 12. The van der Waals surface area contributed by atoms with Gasteiger partial charge in [0.25, 0.3) is 0 Å². The number of aliphatic hydroxyl groups is 1. The van der Waals surface area contributed by atoms with E-state index in [9.17, 15) is 5.11 Å². The van der Waals surface area contributed by atoms with E-state index in [1.54, 1.807) is 7.11 Å². The first-order valence-electron chi connectivity index (χ1n) is 23.3. The van der Waals surface area contributed by atoms with E-state index in [2.05, 4.69) is 53.9 Å². The molecular weight excluding hydrogens is 771 g/mol. The van der Waals surface area contributed by atoms with Gasteiger partial charge in [0.15, 0.2) is 14.1 Å². The molecule has 20 atom stereocenters. The SMILES string of the molecule is C=C1C[C@@H]2CCC34C[C@@H]5O[C@@H]6[C@@H](O[C@H]7CCC(CC(O)C[C@H]8[C@H](CC9O[C@@H](CCC1O2)C[C@@H](C)C9=C)OC(C[C@@H](CN)O[Si](C)(C)C(C)(C)C)[C@@H]8OC)O[C@@H]7[C@@H]6O3)[C@H]5O4. The lowest BCUT2D eigenvalue weighted by molar-refractivity contribution is -0.294. The second-order valence-corrected chi connectivity index (χ2v) is 26.2. The second kappa shape index (κ2) is 16.6. The zero-order valence-corrected chi connectivity index (χ0v) is 37.9. The van der Waals surface area contributed by atoms with Gasteiger partial charge in [-0.25, -0.2) is 0 Å². The molecule has 13 heteroatoms. The van der Waals surface area contributed by atoms with E-state index >= 15 is 0 Å². The summed E-state index contributed by atoms with van der Waals surface area (Å²) in [5.41, 5.74) is 8.70. The zero-order valence-electron chi connectivity index (χ0n) is 36.9. The van der Waals surface area contributed by atoms with Crippen LogP contribution in [0.25, 0.3) is 0 Å². The van der Waals surface area contributed by atoms with Crippen LogP contribution in [0.4, 0.5) is 0 Å². The molecule has 0 aromatic carbocycles. The summed E-state index contributed by atoms with van der Waals surface area (Å²) in [5, 5.41) is 12.1. The van der Waals surface area contributed by atoms with Gasteiger partial charge in [-0.2, -0.15) is 0 Å². The van der Waals surface area contributed by atoms with Crippen LogP contribution in [0, 0.1) is 11.8 Å². The van der Waals surface area contributed by atoms with Crippen LogP contribution >= 0.6 is 0 Å². The average Bonchev–Trinajstić information content (AvgIpc) is 3.85. The average molecular weight is 846 g/mol. The van der Waals surface area contributed by atoms with Crippen molar-refractivity contribution in [3.05, 3.63) is 24.3 Å². The third kappa shape index (κ3) is 8.39. The Morgan fingerprint density at radius 3 is 2.27 bits per heavy atom. The highest BCUT2D eigenvalue weighted by atomic mass is 28.4. The molecular formula is C46H75NO11Si. The van der Waals surface area contributed by atoms with E-state index in [1.165, 1.54) is 0 Å². The van der Waals surface area contributed by atoms with Gasteiger partial charge in [-0.05, 0) is 93.0 Å². The normalized spacial score (nSPS) is 49.4. The van der Waals surface area contributed by atoms with E-state index in [0.29, 0.717) is 44.6 Å². The van der Waals surface area contributed by atoms with Crippen LogP contribution in [0.5, 0.6) is 0 Å². The zero-order chi connectivity index (χ0) is 41.6. The van der Waals surface area contributed by atoms with Crippen molar-refractivity contribution >= 4 is 8.32 Å². The number of ether oxygens (including phenoxy) is 9. The van der Waals surface area contributed by atoms with Crippen LogP contribution in [-0.2, 0) is 47.1 Å². The van der Waals surface area contributed by atoms with Crippen molar-refractivity contribution in [2.24, 2.45) is 17.6 Å². The molecule has 6 unspecified atom stereocenters. The molecule has 0 saturated carbocycles. The molecule has 12 nitrogen and oxygen atoms in total. The smallest absolute Gasteiger partial charge is 0.192 e. The first-order valence-corrected chi connectivity index (χ1v) is 26.2. The number of aliphatic hydroxyl groups excluding tert-OH is 1. The molecule has 10 saturated heterocycles. The molecule has 3 N–H and O–H groups in total. The Labute approximate surface area is 354 Å². The Morgan fingerprint density at radius 1 is 0.797 bits per heavy atom. The van der Waals surface area contributed by atoms with Crippen LogP contribution in [0.1, 0.15) is 111 Å². The third-order valence-electron chi connectivity index (χ3n) is 16.4. The van der Waals surface area contributed by atoms with Gasteiger partial charge in [-0.1, -0.05) is 40.9 Å². The maximum Gasteiger partial charge on any atom is 0.192 e. The summed E-state index contributed by atoms with van der Waals surface area (Å²) >= 11 is 0. The highest BCUT2D eigenvalue weighted by Gasteiger charge is 2.69. The summed E-state index contributed by atoms with van der Waals surface area (Å²) in [5.74, 6) is -0.539. The molecule has 1 spiro atoms. The molecule has 0 aromatic heterocycles. The molecule has 0 radical (unpaired) electrons. The fourth-order valence-electron chi connectivity index (χ4n) is 12.1. The number of fused-ring (bicyclic) bond motifs is 6. The highest BCUT2D eigenvalue weighted by Crippen LogP contribution is 2.54. The Morgan fingerprint density at radius 2 is 1.51 bits per heavy atom. The minimum atomic E-state index is -2.10. The largest absolute Gasteiger partial charge is 0.413 e. The van der Waals surface area contributed by atoms with Gasteiger partial charge >= 0.3 is 0 Å². The number of hydrogen-bond donors (Lipinski definition) is 2. The summed E-state index contributed by atoms with van der Waals surface area (Å²) in [6.45, 7) is 23.0. The Hall–Kier alpha value is -0.783. The molecule has 10 fully saturated rings. The van der Waals surface area contributed by atoms with Crippen molar-refractivity contribution in [1.29, 1.82) is 0 Å². The molecule has 10 rings (SSSR count). The van der Waals surface area contributed by atoms with Crippen LogP contribution in [-0.4, -0.2) is 137 Å². The topological polar surface area (TPSA) is 139 Å². The molecule has 0 aliphatic carbocycles. The van der Waals surface area contributed by atoms with Crippen molar-refractivity contribution < 1.29 is 52.2 Å². The molecule has 10 heterocycles. The van der Waals surface area contributed by atoms with Crippen molar-refractivity contribution in [2.75, 3.05) is 13.7 Å². The summed E-state index contributed by atoms with van der Waals surface area (Å²) in [6.07, 6.45) is 6.65. The van der Waals surface area contributed by atoms with Gasteiger partial charge in [-0.15, -0.1) is 0 Å². The van der Waals surface area contributed by atoms with E-state index in [4.69, 9.17) is 52.8 Å². The Kier molecular flexibility index (Phi) is 12.3. The maximum absolute atomic E-state index is 12.0. The molecule has 59 heavy (non-hydrogen) atoms. The Bertz CT molecular complexity index is 1540. The van der Waals surface area contributed by atoms with Gasteiger partial charge < -0.3 is 57.9 Å². The van der Waals surface area contributed by atoms with Crippen molar-refractivity contribution in [1.82, 2.24) is 0 Å². The molecule has 10 aliphatic heterocycles. The van der Waals surface area contributed by atoms with Crippen molar-refractivity contribution in [3.8, 4) is 0 Å². The first-order chi connectivity index (χ1) is 28.0. The predicted octanol–water partition coefficient (Wildman–Crippen LogP) is 6.26. The number of rotatable bonds is 6. The van der Waals surface area contributed by atoms with Crippen molar-refractivity contribution in [2.45, 2.75) is 239 Å². The fraction of sp³-hybridized carbons (Fsp3) is 0.913. The monoisotopic (exact) mass is 846 g/mol. The van der Waals surface area contributed by atoms with Crippen molar-refractivity contribution in [3.63, 3.8) is 0 Å². The van der Waals surface area contributed by atoms with E-state index in [0.717, 1.165) is 62.5 Å². The quantitative estimate of drug-likeness (QED) is 0.231. The van der Waals surface area contributed by atoms with Crippen LogP contribution < -0.4 is 5.73 Å². The summed E-state index contributed by atoms with van der Waals surface area (Å²) in [6, 6.07) is 0. The van der Waals surface area contributed by atoms with E-state index in [1.807, 2.05) is 0 Å². The molecule has 12 bridgehead atoms. The molecule has 334 valence electrons. The van der Waals surface area contributed by atoms with Gasteiger partial charge in [0.2, 0.25) is 0 Å².